The Morgan fingerprint density at radius 2 is 2.14 bits per heavy atom. The number of carbonyl (C=O) groups excluding carboxylic acids is 1. The van der Waals surface area contributed by atoms with Gasteiger partial charge in [-0.15, -0.1) is 0 Å². The third-order valence-electron chi connectivity index (χ3n) is 2.69. The topological polar surface area (TPSA) is 60.5 Å². The number of nitrogens with one attached hydrogen (secondary N) is 1. The number of aromatic nitrogens is 1. The molecule has 21 heavy (non-hydrogen) atoms. The van der Waals surface area contributed by atoms with Crippen molar-refractivity contribution in [2.75, 3.05) is 19.8 Å². The average molecular weight is 306 g/mol. The van der Waals surface area contributed by atoms with E-state index in [-0.39, 0.29) is 5.91 Å². The third kappa shape index (κ3) is 5.17. The van der Waals surface area contributed by atoms with Crippen LogP contribution < -0.4 is 10.1 Å². The van der Waals surface area contributed by atoms with Crippen LogP contribution in [0, 0.1) is 0 Å². The minimum Gasteiger partial charge on any atom is -0.431 e. The first-order valence-electron chi connectivity index (χ1n) is 6.83. The summed E-state index contributed by atoms with van der Waals surface area (Å²) < 4.78 is 10.8. The Morgan fingerprint density at radius 1 is 1.33 bits per heavy atom. The Bertz CT molecular complexity index is 541. The molecule has 0 aliphatic carbocycles. The van der Waals surface area contributed by atoms with Gasteiger partial charge in [0.2, 0.25) is 0 Å². The van der Waals surface area contributed by atoms with Crippen molar-refractivity contribution in [1.29, 1.82) is 0 Å². The number of hydrogen-bond acceptors (Lipinski definition) is 5. The molecular formula is C15H18N2O3S. The summed E-state index contributed by atoms with van der Waals surface area (Å²) in [5, 5.41) is 5.29. The molecule has 0 aliphatic heterocycles. The van der Waals surface area contributed by atoms with E-state index in [1.165, 1.54) is 11.3 Å². The van der Waals surface area contributed by atoms with Gasteiger partial charge in [0, 0.05) is 36.9 Å². The molecule has 5 nitrogen and oxygen atoms in total. The Balaban J connectivity index is 1.79. The first-order chi connectivity index (χ1) is 10.3. The summed E-state index contributed by atoms with van der Waals surface area (Å²) in [5.41, 5.74) is 0.609. The number of benzene rings is 1. The van der Waals surface area contributed by atoms with Crippen LogP contribution in [0.5, 0.6) is 10.9 Å². The van der Waals surface area contributed by atoms with Gasteiger partial charge in [-0.3, -0.25) is 4.79 Å². The molecule has 0 unspecified atom stereocenters. The largest absolute Gasteiger partial charge is 0.431 e. The number of ether oxygens (including phenoxy) is 2. The Labute approximate surface area is 127 Å². The van der Waals surface area contributed by atoms with Gasteiger partial charge >= 0.3 is 0 Å². The van der Waals surface area contributed by atoms with Crippen LogP contribution in [0.1, 0.15) is 23.7 Å². The molecule has 0 spiro atoms. The average Bonchev–Trinajstić information content (AvgIpc) is 3.00. The SMILES string of the molecule is CCOCCCNC(=O)c1ccc(Oc2nccs2)cc1. The predicted octanol–water partition coefficient (Wildman–Crippen LogP) is 3.09. The van der Waals surface area contributed by atoms with E-state index in [9.17, 15) is 4.79 Å². The highest BCUT2D eigenvalue weighted by Crippen LogP contribution is 2.23. The monoisotopic (exact) mass is 306 g/mol. The summed E-state index contributed by atoms with van der Waals surface area (Å²) in [6.45, 7) is 3.93. The molecule has 2 aromatic rings. The number of amides is 1. The van der Waals surface area contributed by atoms with E-state index < -0.39 is 0 Å². The summed E-state index contributed by atoms with van der Waals surface area (Å²) in [5.74, 6) is 0.574. The lowest BCUT2D eigenvalue weighted by Crippen LogP contribution is -2.25. The zero-order chi connectivity index (χ0) is 14.9. The lowest BCUT2D eigenvalue weighted by molar-refractivity contribution is 0.0944. The number of rotatable bonds is 8. The molecule has 0 saturated carbocycles. The summed E-state index contributed by atoms with van der Waals surface area (Å²) in [6.07, 6.45) is 2.49. The molecule has 1 heterocycles. The van der Waals surface area contributed by atoms with E-state index in [0.29, 0.717) is 36.3 Å². The fourth-order valence-corrected chi connectivity index (χ4v) is 2.16. The molecule has 1 aromatic heterocycles. The first-order valence-corrected chi connectivity index (χ1v) is 7.71. The van der Waals surface area contributed by atoms with Crippen LogP contribution in [0.4, 0.5) is 0 Å². The van der Waals surface area contributed by atoms with Gasteiger partial charge in [-0.2, -0.15) is 0 Å². The molecular weight excluding hydrogens is 288 g/mol. The van der Waals surface area contributed by atoms with Crippen molar-refractivity contribution in [2.24, 2.45) is 0 Å². The standard InChI is InChI=1S/C15H18N2O3S/c1-2-19-10-3-8-16-14(18)12-4-6-13(7-5-12)20-15-17-9-11-21-15/h4-7,9,11H,2-3,8,10H2,1H3,(H,16,18). The van der Waals surface area contributed by atoms with Gasteiger partial charge < -0.3 is 14.8 Å². The lowest BCUT2D eigenvalue weighted by atomic mass is 10.2. The van der Waals surface area contributed by atoms with Gasteiger partial charge in [0.25, 0.3) is 11.1 Å². The summed E-state index contributed by atoms with van der Waals surface area (Å²) in [6, 6.07) is 6.99. The fourth-order valence-electron chi connectivity index (χ4n) is 1.66. The molecule has 0 aliphatic rings. The molecule has 0 saturated heterocycles. The highest BCUT2D eigenvalue weighted by atomic mass is 32.1. The first kappa shape index (κ1) is 15.5. The minimum absolute atomic E-state index is 0.0905. The predicted molar refractivity (Wildman–Crippen MR) is 82.1 cm³/mol. The van der Waals surface area contributed by atoms with Gasteiger partial charge in [0.1, 0.15) is 5.75 Å². The lowest BCUT2D eigenvalue weighted by Gasteiger charge is -2.06. The van der Waals surface area contributed by atoms with Gasteiger partial charge in [-0.1, -0.05) is 11.3 Å². The third-order valence-corrected chi connectivity index (χ3v) is 3.33. The van der Waals surface area contributed by atoms with Crippen LogP contribution in [0.25, 0.3) is 0 Å². The van der Waals surface area contributed by atoms with Crippen molar-refractivity contribution in [1.82, 2.24) is 10.3 Å². The van der Waals surface area contributed by atoms with Crippen molar-refractivity contribution in [3.8, 4) is 10.9 Å². The van der Waals surface area contributed by atoms with Crippen molar-refractivity contribution in [3.05, 3.63) is 41.4 Å². The van der Waals surface area contributed by atoms with E-state index in [1.54, 1.807) is 30.5 Å². The molecule has 0 bridgehead atoms. The minimum atomic E-state index is -0.0905. The normalized spacial score (nSPS) is 10.3. The maximum absolute atomic E-state index is 11.9. The van der Waals surface area contributed by atoms with E-state index in [2.05, 4.69) is 10.3 Å². The van der Waals surface area contributed by atoms with Crippen molar-refractivity contribution < 1.29 is 14.3 Å². The summed E-state index contributed by atoms with van der Waals surface area (Å²) in [4.78, 5) is 15.9. The highest BCUT2D eigenvalue weighted by Gasteiger charge is 2.05. The van der Waals surface area contributed by atoms with Crippen LogP contribution in [-0.2, 0) is 4.74 Å². The van der Waals surface area contributed by atoms with E-state index in [1.807, 2.05) is 12.3 Å². The van der Waals surface area contributed by atoms with Crippen molar-refractivity contribution in [2.45, 2.75) is 13.3 Å². The zero-order valence-corrected chi connectivity index (χ0v) is 12.7. The van der Waals surface area contributed by atoms with Crippen molar-refractivity contribution >= 4 is 17.2 Å². The van der Waals surface area contributed by atoms with E-state index in [4.69, 9.17) is 9.47 Å². The molecule has 0 radical (unpaired) electrons. The van der Waals surface area contributed by atoms with Gasteiger partial charge in [-0.05, 0) is 37.6 Å². The Kier molecular flexibility index (Phi) is 6.18. The van der Waals surface area contributed by atoms with Crippen molar-refractivity contribution in [3.63, 3.8) is 0 Å². The van der Waals surface area contributed by atoms with Crippen LogP contribution >= 0.6 is 11.3 Å². The van der Waals surface area contributed by atoms with Gasteiger partial charge in [0.15, 0.2) is 0 Å². The Morgan fingerprint density at radius 3 is 2.81 bits per heavy atom. The second-order valence-corrected chi connectivity index (χ2v) is 5.09. The van der Waals surface area contributed by atoms with E-state index >= 15 is 0 Å². The summed E-state index contributed by atoms with van der Waals surface area (Å²) in [7, 11) is 0. The molecule has 1 amide bonds. The van der Waals surface area contributed by atoms with E-state index in [0.717, 1.165) is 6.42 Å². The number of nitrogens with zero attached hydrogens (tertiary/aromatic N) is 1. The number of thiazole rings is 1. The fraction of sp³-hybridized carbons (Fsp3) is 0.333. The number of carbonyl (C=O) groups is 1. The van der Waals surface area contributed by atoms with Gasteiger partial charge in [-0.25, -0.2) is 4.98 Å². The smallest absolute Gasteiger partial charge is 0.278 e. The molecule has 6 heteroatoms. The maximum Gasteiger partial charge on any atom is 0.278 e. The second kappa shape index (κ2) is 8.39. The Hall–Kier alpha value is -1.92. The molecule has 2 rings (SSSR count). The van der Waals surface area contributed by atoms with Crippen LogP contribution in [-0.4, -0.2) is 30.6 Å². The molecule has 0 atom stereocenters. The molecule has 112 valence electrons. The molecule has 1 N–H and O–H groups in total. The van der Waals surface area contributed by atoms with Crippen LogP contribution in [0.15, 0.2) is 35.8 Å². The van der Waals surface area contributed by atoms with Gasteiger partial charge in [0.05, 0.1) is 0 Å². The maximum atomic E-state index is 11.9. The zero-order valence-electron chi connectivity index (χ0n) is 11.9. The number of hydrogen-bond donors (Lipinski definition) is 1. The summed E-state index contributed by atoms with van der Waals surface area (Å²) >= 11 is 1.42. The van der Waals surface area contributed by atoms with Crippen LogP contribution in [0.2, 0.25) is 0 Å². The second-order valence-electron chi connectivity index (χ2n) is 4.23. The molecule has 0 fully saturated rings. The quantitative estimate of drug-likeness (QED) is 0.761. The highest BCUT2D eigenvalue weighted by molar-refractivity contribution is 7.11. The van der Waals surface area contributed by atoms with Crippen LogP contribution in [0.3, 0.4) is 0 Å². The molecule has 1 aromatic carbocycles.